The summed E-state index contributed by atoms with van der Waals surface area (Å²) in [5.41, 5.74) is -2.10. The Kier molecular flexibility index (Phi) is 8.03. The number of nitriles is 1. The van der Waals surface area contributed by atoms with Gasteiger partial charge in [0.15, 0.2) is 0 Å². The molecule has 9 nitrogen and oxygen atoms in total. The van der Waals surface area contributed by atoms with E-state index in [-0.39, 0.29) is 62.1 Å². The minimum atomic E-state index is -5.07. The number of hydrogen-bond acceptors (Lipinski definition) is 5. The number of halogens is 5. The number of likely N-dealkylation sites (tertiary alicyclic amines) is 1. The summed E-state index contributed by atoms with van der Waals surface area (Å²) in [5.74, 6) is -5.23. The number of nitrogens with zero attached hydrogens (tertiary/aromatic N) is 4. The van der Waals surface area contributed by atoms with Crippen molar-refractivity contribution in [1.29, 1.82) is 5.26 Å². The lowest BCUT2D eigenvalue weighted by Crippen LogP contribution is -2.57. The van der Waals surface area contributed by atoms with Crippen LogP contribution in [0.25, 0.3) is 0 Å². The summed E-state index contributed by atoms with van der Waals surface area (Å²) < 4.78 is 96.6. The second-order valence-corrected chi connectivity index (χ2v) is 13.1. The maximum atomic E-state index is 14.8. The molecule has 3 aliphatic heterocycles. The van der Waals surface area contributed by atoms with E-state index in [0.717, 1.165) is 0 Å². The second kappa shape index (κ2) is 11.1. The molecule has 15 heteroatoms. The van der Waals surface area contributed by atoms with Crippen molar-refractivity contribution < 1.29 is 40.0 Å². The quantitative estimate of drug-likeness (QED) is 0.482. The van der Waals surface area contributed by atoms with Crippen LogP contribution in [-0.2, 0) is 26.0 Å². The van der Waals surface area contributed by atoms with Gasteiger partial charge in [0.25, 0.3) is 10.2 Å². The molecule has 0 spiro atoms. The fourth-order valence-corrected chi connectivity index (χ4v) is 7.70. The van der Waals surface area contributed by atoms with E-state index >= 15 is 0 Å². The fraction of sp³-hybridized carbons (Fsp3) is 0.654. The van der Waals surface area contributed by atoms with Gasteiger partial charge in [0.2, 0.25) is 11.8 Å². The van der Waals surface area contributed by atoms with Gasteiger partial charge in [-0.25, -0.2) is 8.78 Å². The van der Waals surface area contributed by atoms with Crippen molar-refractivity contribution in [2.45, 2.75) is 56.8 Å². The van der Waals surface area contributed by atoms with Gasteiger partial charge in [0, 0.05) is 38.3 Å². The molecule has 41 heavy (non-hydrogen) atoms. The number of carbonyl (C=O) groups excluding carboxylic acids is 2. The second-order valence-electron chi connectivity index (χ2n) is 11.2. The number of alkyl halides is 3. The predicted octanol–water partition coefficient (Wildman–Crippen LogP) is 2.95. The van der Waals surface area contributed by atoms with Gasteiger partial charge >= 0.3 is 6.18 Å². The maximum absolute atomic E-state index is 14.8. The molecule has 3 saturated heterocycles. The van der Waals surface area contributed by atoms with Crippen molar-refractivity contribution >= 4 is 22.0 Å². The summed E-state index contributed by atoms with van der Waals surface area (Å²) in [4.78, 5) is 28.3. The van der Waals surface area contributed by atoms with E-state index in [2.05, 4.69) is 5.32 Å². The van der Waals surface area contributed by atoms with Gasteiger partial charge in [0.1, 0.15) is 17.7 Å². The van der Waals surface area contributed by atoms with Crippen LogP contribution in [0, 0.1) is 40.7 Å². The minimum absolute atomic E-state index is 0.0551. The number of carbonyl (C=O) groups is 2. The van der Waals surface area contributed by atoms with Crippen LogP contribution in [0.4, 0.5) is 22.0 Å². The first-order valence-electron chi connectivity index (χ1n) is 13.6. The van der Waals surface area contributed by atoms with E-state index in [4.69, 9.17) is 5.26 Å². The van der Waals surface area contributed by atoms with Gasteiger partial charge in [-0.3, -0.25) is 9.59 Å². The van der Waals surface area contributed by atoms with Gasteiger partial charge in [-0.15, -0.1) is 0 Å². The maximum Gasteiger partial charge on any atom is 0.419 e. The first-order chi connectivity index (χ1) is 19.3. The molecule has 5 rings (SSSR count). The molecule has 3 atom stereocenters. The molecular weight excluding hydrogens is 573 g/mol. The highest BCUT2D eigenvalue weighted by molar-refractivity contribution is 7.86. The lowest BCUT2D eigenvalue weighted by atomic mass is 9.97. The molecule has 1 aromatic carbocycles. The van der Waals surface area contributed by atoms with Crippen molar-refractivity contribution in [1.82, 2.24) is 18.8 Å². The zero-order valence-electron chi connectivity index (χ0n) is 22.0. The molecule has 1 aromatic rings. The average Bonchev–Trinajstić information content (AvgIpc) is 3.61. The molecule has 2 amide bonds. The van der Waals surface area contributed by atoms with Gasteiger partial charge in [-0.2, -0.15) is 35.5 Å². The van der Waals surface area contributed by atoms with E-state index in [0.29, 0.717) is 44.6 Å². The van der Waals surface area contributed by atoms with Crippen LogP contribution in [0.15, 0.2) is 12.1 Å². The van der Waals surface area contributed by atoms with Crippen LogP contribution < -0.4 is 5.32 Å². The molecule has 224 valence electrons. The van der Waals surface area contributed by atoms with Gasteiger partial charge in [-0.1, -0.05) is 0 Å². The molecule has 4 aliphatic rings. The van der Waals surface area contributed by atoms with Crippen molar-refractivity contribution in [2.75, 3.05) is 32.7 Å². The summed E-state index contributed by atoms with van der Waals surface area (Å²) in [5, 5.41) is 11.6. The van der Waals surface area contributed by atoms with E-state index in [1.54, 1.807) is 0 Å². The van der Waals surface area contributed by atoms with Gasteiger partial charge in [-0.05, 0) is 56.6 Å². The molecule has 0 bridgehead atoms. The molecule has 4 fully saturated rings. The van der Waals surface area contributed by atoms with Gasteiger partial charge < -0.3 is 10.2 Å². The topological polar surface area (TPSA) is 114 Å². The lowest BCUT2D eigenvalue weighted by molar-refractivity contribution is -0.142. The standard InChI is InChI=1S/C26H30F5N5O4S/c27-20-10-19(26(29,30)31)21(28)9-18(20)23(16-5-6-16)33-24(37)22-4-2-8-36(22)25(38)17-3-1-7-34(14-17)41(39,40)35-12-15(11-32)13-35/h9-10,15-17,22-23H,1-8,12-14H2,(H,33,37)/t17?,22-,23-/m1/s1. The third kappa shape index (κ3) is 5.91. The highest BCUT2D eigenvalue weighted by Crippen LogP contribution is 2.43. The first kappa shape index (κ1) is 29.7. The summed E-state index contributed by atoms with van der Waals surface area (Å²) >= 11 is 0. The van der Waals surface area contributed by atoms with Crippen LogP contribution in [0.2, 0.25) is 0 Å². The van der Waals surface area contributed by atoms with Crippen LogP contribution in [-0.4, -0.2) is 72.5 Å². The Hall–Kier alpha value is -2.83. The minimum Gasteiger partial charge on any atom is -0.347 e. The molecule has 0 radical (unpaired) electrons. The van der Waals surface area contributed by atoms with Crippen molar-refractivity contribution in [2.24, 2.45) is 17.8 Å². The normalized spacial score (nSPS) is 25.4. The Morgan fingerprint density at radius 2 is 1.66 bits per heavy atom. The van der Waals surface area contributed by atoms with Crippen LogP contribution in [0.5, 0.6) is 0 Å². The van der Waals surface area contributed by atoms with Crippen LogP contribution >= 0.6 is 0 Å². The third-order valence-electron chi connectivity index (χ3n) is 8.37. The number of benzene rings is 1. The Morgan fingerprint density at radius 3 is 2.29 bits per heavy atom. The zero-order chi connectivity index (χ0) is 29.7. The predicted molar refractivity (Wildman–Crippen MR) is 134 cm³/mol. The molecule has 1 unspecified atom stereocenters. The van der Waals surface area contributed by atoms with Crippen LogP contribution in [0.3, 0.4) is 0 Å². The number of nitrogens with one attached hydrogen (secondary N) is 1. The highest BCUT2D eigenvalue weighted by atomic mass is 32.2. The van der Waals surface area contributed by atoms with Gasteiger partial charge in [0.05, 0.1) is 29.5 Å². The number of amides is 2. The summed E-state index contributed by atoms with van der Waals surface area (Å²) in [6, 6.07) is 0.624. The highest BCUT2D eigenvalue weighted by Gasteiger charge is 2.45. The smallest absolute Gasteiger partial charge is 0.347 e. The number of piperidine rings is 1. The number of rotatable bonds is 7. The molecular formula is C26H30F5N5O4S. The Bertz CT molecular complexity index is 1360. The monoisotopic (exact) mass is 603 g/mol. The fourth-order valence-electron chi connectivity index (χ4n) is 5.91. The molecule has 3 heterocycles. The first-order valence-corrected chi connectivity index (χ1v) is 15.0. The van der Waals surface area contributed by atoms with E-state index in [9.17, 15) is 40.0 Å². The van der Waals surface area contributed by atoms with Crippen molar-refractivity contribution in [3.8, 4) is 6.07 Å². The van der Waals surface area contributed by atoms with E-state index < -0.39 is 57.5 Å². The number of hydrogen-bond donors (Lipinski definition) is 1. The SMILES string of the molecule is N#CC1CN(S(=O)(=O)N2CCCC(C(=O)N3CCC[C@@H]3C(=O)N[C@@H](c3cc(F)c(C(F)(F)F)cc3F)C3CC3)C2)C1. The zero-order valence-corrected chi connectivity index (χ0v) is 22.9. The molecule has 1 N–H and O–H groups in total. The molecule has 1 saturated carbocycles. The Labute approximate surface area is 234 Å². The summed E-state index contributed by atoms with van der Waals surface area (Å²) in [6.45, 7) is 0.651. The van der Waals surface area contributed by atoms with Crippen molar-refractivity contribution in [3.63, 3.8) is 0 Å². The lowest BCUT2D eigenvalue weighted by Gasteiger charge is -2.41. The largest absolute Gasteiger partial charge is 0.419 e. The van der Waals surface area contributed by atoms with E-state index in [1.165, 1.54) is 13.5 Å². The van der Waals surface area contributed by atoms with E-state index in [1.807, 2.05) is 6.07 Å². The van der Waals surface area contributed by atoms with Crippen LogP contribution in [0.1, 0.15) is 55.7 Å². The molecule has 0 aromatic heterocycles. The average molecular weight is 604 g/mol. The third-order valence-corrected chi connectivity index (χ3v) is 10.3. The Balaban J connectivity index is 1.27. The summed E-state index contributed by atoms with van der Waals surface area (Å²) in [6.07, 6.45) is -2.27. The Morgan fingerprint density at radius 1 is 0.976 bits per heavy atom. The van der Waals surface area contributed by atoms with Crippen molar-refractivity contribution in [3.05, 3.63) is 34.9 Å². The molecule has 1 aliphatic carbocycles. The summed E-state index contributed by atoms with van der Waals surface area (Å²) in [7, 11) is -3.83.